The summed E-state index contributed by atoms with van der Waals surface area (Å²) < 4.78 is 0. The van der Waals surface area contributed by atoms with Crippen LogP contribution in [0.2, 0.25) is 0 Å². The maximum Gasteiger partial charge on any atom is 0.0320 e. The first-order chi connectivity index (χ1) is 9.88. The van der Waals surface area contributed by atoms with E-state index in [9.17, 15) is 0 Å². The Hall–Kier alpha value is -1.71. The van der Waals surface area contributed by atoms with E-state index in [1.807, 2.05) is 18.5 Å². The zero-order valence-corrected chi connectivity index (χ0v) is 11.6. The van der Waals surface area contributed by atoms with Crippen molar-refractivity contribution >= 4 is 0 Å². The number of aryl methyl sites for hydroxylation is 1. The molecule has 3 N–H and O–H groups in total. The monoisotopic (exact) mass is 267 g/mol. The van der Waals surface area contributed by atoms with Crippen molar-refractivity contribution in [2.75, 3.05) is 0 Å². The molecule has 1 aromatic carbocycles. The van der Waals surface area contributed by atoms with Crippen LogP contribution in [0.5, 0.6) is 0 Å². The Labute approximate surface area is 120 Å². The van der Waals surface area contributed by atoms with E-state index >= 15 is 0 Å². The van der Waals surface area contributed by atoms with E-state index in [-0.39, 0.29) is 6.04 Å². The van der Waals surface area contributed by atoms with Gasteiger partial charge in [-0.05, 0) is 48.4 Å². The lowest BCUT2D eigenvalue weighted by Gasteiger charge is -2.32. The zero-order chi connectivity index (χ0) is 13.8. The summed E-state index contributed by atoms with van der Waals surface area (Å²) in [6.07, 6.45) is 8.29. The summed E-state index contributed by atoms with van der Waals surface area (Å²) >= 11 is 0. The summed E-state index contributed by atoms with van der Waals surface area (Å²) in [7, 11) is 0. The zero-order valence-electron chi connectivity index (χ0n) is 11.6. The van der Waals surface area contributed by atoms with E-state index in [4.69, 9.17) is 5.84 Å². The molecule has 1 aliphatic rings. The normalized spacial score (nSPS) is 19.4. The largest absolute Gasteiger partial charge is 0.271 e. The predicted octanol–water partition coefficient (Wildman–Crippen LogP) is 2.58. The third-order valence-electron chi connectivity index (χ3n) is 4.29. The lowest BCUT2D eigenvalue weighted by molar-refractivity contribution is 0.395. The molecule has 3 rings (SSSR count). The van der Waals surface area contributed by atoms with Crippen molar-refractivity contribution in [3.05, 3.63) is 65.5 Å². The highest BCUT2D eigenvalue weighted by Gasteiger charge is 2.27. The summed E-state index contributed by atoms with van der Waals surface area (Å²) in [5.41, 5.74) is 7.21. The number of nitrogens with one attached hydrogen (secondary N) is 1. The molecule has 3 heteroatoms. The average molecular weight is 267 g/mol. The van der Waals surface area contributed by atoms with Crippen LogP contribution in [0.4, 0.5) is 0 Å². The molecule has 20 heavy (non-hydrogen) atoms. The van der Waals surface area contributed by atoms with Gasteiger partial charge in [-0.2, -0.15) is 0 Å². The molecule has 2 atom stereocenters. The standard InChI is InChI=1S/C17H21N3/c18-20-17(11-13-5-4-10-19-12-13)16-9-3-7-14-6-1-2-8-15(14)16/h1-2,4-6,8,10,12,16-17,20H,3,7,9,11,18H2. The maximum absolute atomic E-state index is 5.84. The van der Waals surface area contributed by atoms with Gasteiger partial charge in [-0.25, -0.2) is 0 Å². The average Bonchev–Trinajstić information content (AvgIpc) is 2.53. The van der Waals surface area contributed by atoms with Crippen LogP contribution in [0.3, 0.4) is 0 Å². The van der Waals surface area contributed by atoms with Gasteiger partial charge in [-0.3, -0.25) is 16.3 Å². The molecule has 3 nitrogen and oxygen atoms in total. The summed E-state index contributed by atoms with van der Waals surface area (Å²) in [5, 5.41) is 0. The summed E-state index contributed by atoms with van der Waals surface area (Å²) in [6.45, 7) is 0. The Morgan fingerprint density at radius 3 is 2.95 bits per heavy atom. The Balaban J connectivity index is 1.84. The van der Waals surface area contributed by atoms with Gasteiger partial charge in [-0.15, -0.1) is 0 Å². The van der Waals surface area contributed by atoms with Gasteiger partial charge in [-0.1, -0.05) is 30.3 Å². The number of fused-ring (bicyclic) bond motifs is 1. The number of hydrogen-bond donors (Lipinski definition) is 2. The van der Waals surface area contributed by atoms with Crippen LogP contribution in [0.1, 0.15) is 35.4 Å². The van der Waals surface area contributed by atoms with Crippen LogP contribution in [0.25, 0.3) is 0 Å². The molecule has 2 aromatic rings. The van der Waals surface area contributed by atoms with Gasteiger partial charge in [0.25, 0.3) is 0 Å². The SMILES string of the molecule is NNC(Cc1cccnc1)C1CCCc2ccccc21. The second kappa shape index (κ2) is 6.16. The minimum absolute atomic E-state index is 0.264. The van der Waals surface area contributed by atoms with E-state index in [0.717, 1.165) is 6.42 Å². The molecule has 0 amide bonds. The van der Waals surface area contributed by atoms with Crippen LogP contribution in [0, 0.1) is 0 Å². The number of aromatic nitrogens is 1. The van der Waals surface area contributed by atoms with Crippen molar-refractivity contribution in [1.82, 2.24) is 10.4 Å². The van der Waals surface area contributed by atoms with Crippen molar-refractivity contribution in [2.24, 2.45) is 5.84 Å². The molecule has 2 unspecified atom stereocenters. The Kier molecular flexibility index (Phi) is 4.09. The second-order valence-electron chi connectivity index (χ2n) is 5.54. The number of rotatable bonds is 4. The van der Waals surface area contributed by atoms with Crippen molar-refractivity contribution in [2.45, 2.75) is 37.6 Å². The number of nitrogens with two attached hydrogens (primary N) is 1. The fraction of sp³-hybridized carbons (Fsp3) is 0.353. The van der Waals surface area contributed by atoms with Gasteiger partial charge in [0.05, 0.1) is 0 Å². The van der Waals surface area contributed by atoms with E-state index < -0.39 is 0 Å². The lowest BCUT2D eigenvalue weighted by atomic mass is 9.77. The smallest absolute Gasteiger partial charge is 0.0320 e. The van der Waals surface area contributed by atoms with E-state index in [1.54, 1.807) is 0 Å². The third-order valence-corrected chi connectivity index (χ3v) is 4.29. The topological polar surface area (TPSA) is 50.9 Å². The second-order valence-corrected chi connectivity index (χ2v) is 5.54. The van der Waals surface area contributed by atoms with E-state index in [0.29, 0.717) is 5.92 Å². The molecule has 0 saturated heterocycles. The minimum Gasteiger partial charge on any atom is -0.271 e. The molecule has 1 heterocycles. The molecular weight excluding hydrogens is 246 g/mol. The molecule has 104 valence electrons. The van der Waals surface area contributed by atoms with Crippen LogP contribution < -0.4 is 11.3 Å². The van der Waals surface area contributed by atoms with Gasteiger partial charge >= 0.3 is 0 Å². The Morgan fingerprint density at radius 1 is 1.25 bits per heavy atom. The molecule has 0 spiro atoms. The summed E-state index contributed by atoms with van der Waals surface area (Å²) in [4.78, 5) is 4.19. The lowest BCUT2D eigenvalue weighted by Crippen LogP contribution is -2.42. The minimum atomic E-state index is 0.264. The van der Waals surface area contributed by atoms with E-state index in [1.165, 1.54) is 36.0 Å². The predicted molar refractivity (Wildman–Crippen MR) is 81.2 cm³/mol. The summed E-state index contributed by atoms with van der Waals surface area (Å²) in [6, 6.07) is 13.1. The van der Waals surface area contributed by atoms with Crippen LogP contribution >= 0.6 is 0 Å². The number of nitrogens with zero attached hydrogens (tertiary/aromatic N) is 1. The van der Waals surface area contributed by atoms with Crippen molar-refractivity contribution in [1.29, 1.82) is 0 Å². The summed E-state index contributed by atoms with van der Waals surface area (Å²) in [5.74, 6) is 6.33. The highest BCUT2D eigenvalue weighted by atomic mass is 15.2. The first-order valence-corrected chi connectivity index (χ1v) is 7.31. The van der Waals surface area contributed by atoms with Crippen LogP contribution in [0.15, 0.2) is 48.8 Å². The van der Waals surface area contributed by atoms with Gasteiger partial charge in [0, 0.05) is 24.4 Å². The van der Waals surface area contributed by atoms with Gasteiger partial charge < -0.3 is 0 Å². The fourth-order valence-electron chi connectivity index (χ4n) is 3.30. The molecule has 0 bridgehead atoms. The van der Waals surface area contributed by atoms with Crippen molar-refractivity contribution in [3.8, 4) is 0 Å². The van der Waals surface area contributed by atoms with Crippen LogP contribution in [-0.4, -0.2) is 11.0 Å². The molecule has 0 fully saturated rings. The number of benzene rings is 1. The molecule has 0 saturated carbocycles. The highest BCUT2D eigenvalue weighted by Crippen LogP contribution is 2.34. The first-order valence-electron chi connectivity index (χ1n) is 7.31. The number of pyridine rings is 1. The third kappa shape index (κ3) is 2.74. The molecule has 0 aliphatic heterocycles. The van der Waals surface area contributed by atoms with Crippen molar-refractivity contribution in [3.63, 3.8) is 0 Å². The molecule has 0 radical (unpaired) electrons. The maximum atomic E-state index is 5.84. The Morgan fingerprint density at radius 2 is 2.15 bits per heavy atom. The Bertz CT molecular complexity index is 553. The van der Waals surface area contributed by atoms with Crippen molar-refractivity contribution < 1.29 is 0 Å². The quantitative estimate of drug-likeness (QED) is 0.661. The molecule has 1 aromatic heterocycles. The molecule has 1 aliphatic carbocycles. The van der Waals surface area contributed by atoms with Gasteiger partial charge in [0.15, 0.2) is 0 Å². The molecular formula is C17H21N3. The highest BCUT2D eigenvalue weighted by molar-refractivity contribution is 5.34. The first kappa shape index (κ1) is 13.3. The fourth-order valence-corrected chi connectivity index (χ4v) is 3.30. The van der Waals surface area contributed by atoms with Crippen LogP contribution in [-0.2, 0) is 12.8 Å². The number of hydrogen-bond acceptors (Lipinski definition) is 3. The van der Waals surface area contributed by atoms with E-state index in [2.05, 4.69) is 40.7 Å². The van der Waals surface area contributed by atoms with Gasteiger partial charge in [0.2, 0.25) is 0 Å². The van der Waals surface area contributed by atoms with Gasteiger partial charge in [0.1, 0.15) is 0 Å². The number of hydrazine groups is 1.